The molecular weight excluding hydrogens is 334 g/mol. The first-order valence-corrected chi connectivity index (χ1v) is 9.85. The Morgan fingerprint density at radius 3 is 2.58 bits per heavy atom. The van der Waals surface area contributed by atoms with E-state index in [1.165, 1.54) is 7.11 Å². The number of rotatable bonds is 5. The van der Waals surface area contributed by atoms with Gasteiger partial charge in [0.2, 0.25) is 11.8 Å². The maximum Gasteiger partial charge on any atom is 0.407 e. The Balaban J connectivity index is 1.65. The molecule has 0 unspecified atom stereocenters. The molecule has 0 aromatic rings. The van der Waals surface area contributed by atoms with Crippen LogP contribution in [0.3, 0.4) is 0 Å². The molecule has 0 spiro atoms. The zero-order valence-corrected chi connectivity index (χ0v) is 16.1. The van der Waals surface area contributed by atoms with Crippen LogP contribution in [0.2, 0.25) is 0 Å². The van der Waals surface area contributed by atoms with E-state index in [9.17, 15) is 14.4 Å². The van der Waals surface area contributed by atoms with Crippen LogP contribution < -0.4 is 5.32 Å². The number of hydrogen-bond donors (Lipinski definition) is 1. The number of carbonyl (C=O) groups excluding carboxylic acids is 3. The fourth-order valence-corrected chi connectivity index (χ4v) is 4.43. The van der Waals surface area contributed by atoms with Crippen molar-refractivity contribution in [3.05, 3.63) is 0 Å². The average Bonchev–Trinajstić information content (AvgIpc) is 3.44. The number of likely N-dealkylation sites (tertiary alicyclic amines) is 2. The van der Waals surface area contributed by atoms with Crippen LogP contribution in [0, 0.1) is 11.8 Å². The number of alkyl carbamates (subject to hydrolysis) is 1. The third-order valence-electron chi connectivity index (χ3n) is 5.80. The first-order chi connectivity index (χ1) is 12.4. The highest BCUT2D eigenvalue weighted by atomic mass is 16.5. The molecule has 0 aromatic carbocycles. The van der Waals surface area contributed by atoms with E-state index in [4.69, 9.17) is 0 Å². The van der Waals surface area contributed by atoms with Crippen molar-refractivity contribution in [2.24, 2.45) is 11.8 Å². The van der Waals surface area contributed by atoms with E-state index in [1.807, 2.05) is 18.7 Å². The SMILES string of the molecule is COC(=O)N[C@H](CC(C)C)C(=O)N1CC[C@H]2[C@H](CCC(=O)N2C2CC2)C1. The molecule has 3 amide bonds. The molecule has 7 heteroatoms. The number of methoxy groups -OCH3 is 1. The van der Waals surface area contributed by atoms with Crippen LogP contribution in [0.1, 0.15) is 52.4 Å². The highest BCUT2D eigenvalue weighted by molar-refractivity contribution is 5.86. The van der Waals surface area contributed by atoms with Crippen molar-refractivity contribution < 1.29 is 19.1 Å². The van der Waals surface area contributed by atoms with Crippen LogP contribution in [0.15, 0.2) is 0 Å². The Morgan fingerprint density at radius 1 is 1.23 bits per heavy atom. The summed E-state index contributed by atoms with van der Waals surface area (Å²) in [7, 11) is 1.31. The molecule has 7 nitrogen and oxygen atoms in total. The lowest BCUT2D eigenvalue weighted by Crippen LogP contribution is -2.59. The summed E-state index contributed by atoms with van der Waals surface area (Å²) in [5.41, 5.74) is 0. The smallest absolute Gasteiger partial charge is 0.407 e. The van der Waals surface area contributed by atoms with Gasteiger partial charge in [-0.1, -0.05) is 13.8 Å². The van der Waals surface area contributed by atoms with Crippen LogP contribution in [0.4, 0.5) is 4.79 Å². The number of piperidine rings is 2. The van der Waals surface area contributed by atoms with Crippen molar-refractivity contribution in [3.8, 4) is 0 Å². The van der Waals surface area contributed by atoms with Crippen molar-refractivity contribution in [1.82, 2.24) is 15.1 Å². The molecule has 3 aliphatic rings. The number of carbonyl (C=O) groups is 3. The van der Waals surface area contributed by atoms with Gasteiger partial charge in [-0.2, -0.15) is 0 Å². The molecule has 2 heterocycles. The molecule has 2 aliphatic heterocycles. The third kappa shape index (κ3) is 4.13. The Bertz CT molecular complexity index is 561. The van der Waals surface area contributed by atoms with Gasteiger partial charge in [0.25, 0.3) is 0 Å². The fraction of sp³-hybridized carbons (Fsp3) is 0.842. The van der Waals surface area contributed by atoms with Gasteiger partial charge >= 0.3 is 6.09 Å². The molecule has 1 N–H and O–H groups in total. The van der Waals surface area contributed by atoms with Crippen LogP contribution in [-0.2, 0) is 14.3 Å². The first kappa shape index (κ1) is 19.0. The van der Waals surface area contributed by atoms with E-state index in [2.05, 4.69) is 15.0 Å². The number of ether oxygens (including phenoxy) is 1. The molecular formula is C19H31N3O4. The lowest BCUT2D eigenvalue weighted by atomic mass is 9.83. The maximum absolute atomic E-state index is 13.0. The van der Waals surface area contributed by atoms with Gasteiger partial charge in [-0.3, -0.25) is 9.59 Å². The zero-order valence-electron chi connectivity index (χ0n) is 16.1. The molecule has 3 rings (SSSR count). The summed E-state index contributed by atoms with van der Waals surface area (Å²) in [6.45, 7) is 5.39. The largest absolute Gasteiger partial charge is 0.453 e. The van der Waals surface area contributed by atoms with E-state index in [0.717, 1.165) is 25.7 Å². The monoisotopic (exact) mass is 365 g/mol. The Labute approximate surface area is 155 Å². The summed E-state index contributed by atoms with van der Waals surface area (Å²) >= 11 is 0. The van der Waals surface area contributed by atoms with Crippen molar-refractivity contribution in [3.63, 3.8) is 0 Å². The van der Waals surface area contributed by atoms with E-state index in [1.54, 1.807) is 0 Å². The average molecular weight is 365 g/mol. The summed E-state index contributed by atoms with van der Waals surface area (Å²) in [6, 6.07) is 0.168. The molecule has 3 atom stereocenters. The van der Waals surface area contributed by atoms with Gasteiger partial charge in [-0.25, -0.2) is 4.79 Å². The van der Waals surface area contributed by atoms with E-state index >= 15 is 0 Å². The molecule has 2 saturated heterocycles. The van der Waals surface area contributed by atoms with E-state index in [-0.39, 0.29) is 17.9 Å². The minimum atomic E-state index is -0.568. The van der Waals surface area contributed by atoms with Crippen LogP contribution in [-0.4, -0.2) is 66.0 Å². The van der Waals surface area contributed by atoms with Gasteiger partial charge in [-0.05, 0) is 43.9 Å². The lowest BCUT2D eigenvalue weighted by Gasteiger charge is -2.47. The lowest BCUT2D eigenvalue weighted by molar-refractivity contribution is -0.145. The van der Waals surface area contributed by atoms with Crippen molar-refractivity contribution in [2.75, 3.05) is 20.2 Å². The second-order valence-electron chi connectivity index (χ2n) is 8.29. The van der Waals surface area contributed by atoms with Gasteiger partial charge in [0.15, 0.2) is 0 Å². The van der Waals surface area contributed by atoms with Gasteiger partial charge in [0.1, 0.15) is 6.04 Å². The summed E-state index contributed by atoms with van der Waals surface area (Å²) in [5, 5.41) is 2.69. The molecule has 0 radical (unpaired) electrons. The summed E-state index contributed by atoms with van der Waals surface area (Å²) < 4.78 is 4.68. The summed E-state index contributed by atoms with van der Waals surface area (Å²) in [6.07, 6.45) is 4.55. The minimum Gasteiger partial charge on any atom is -0.453 e. The minimum absolute atomic E-state index is 0.0302. The number of amides is 3. The van der Waals surface area contributed by atoms with Gasteiger partial charge < -0.3 is 19.9 Å². The molecule has 146 valence electrons. The normalized spacial score (nSPS) is 27.2. The Hall–Kier alpha value is -1.79. The standard InChI is InChI=1S/C19H31N3O4/c1-12(2)10-15(20-19(25)26-3)18(24)21-9-8-16-13(11-21)4-7-17(23)22(16)14-5-6-14/h12-16H,4-11H2,1-3H3,(H,20,25)/t13-,15-,16+/m1/s1. The Morgan fingerprint density at radius 2 is 1.96 bits per heavy atom. The van der Waals surface area contributed by atoms with Crippen LogP contribution >= 0.6 is 0 Å². The van der Waals surface area contributed by atoms with Gasteiger partial charge in [-0.15, -0.1) is 0 Å². The van der Waals surface area contributed by atoms with Crippen molar-refractivity contribution >= 4 is 17.9 Å². The predicted octanol–water partition coefficient (Wildman–Crippen LogP) is 1.76. The summed E-state index contributed by atoms with van der Waals surface area (Å²) in [4.78, 5) is 41.0. The topological polar surface area (TPSA) is 79.0 Å². The molecule has 1 saturated carbocycles. The molecule has 3 fully saturated rings. The van der Waals surface area contributed by atoms with Gasteiger partial charge in [0, 0.05) is 31.6 Å². The highest BCUT2D eigenvalue weighted by Gasteiger charge is 2.46. The van der Waals surface area contributed by atoms with Crippen molar-refractivity contribution in [1.29, 1.82) is 0 Å². The first-order valence-electron chi connectivity index (χ1n) is 9.85. The Kier molecular flexibility index (Phi) is 5.73. The molecule has 0 bridgehead atoms. The number of fused-ring (bicyclic) bond motifs is 1. The van der Waals surface area contributed by atoms with E-state index < -0.39 is 12.1 Å². The number of hydrogen-bond acceptors (Lipinski definition) is 4. The highest BCUT2D eigenvalue weighted by Crippen LogP contribution is 2.39. The summed E-state index contributed by atoms with van der Waals surface area (Å²) in [5.74, 6) is 0.899. The third-order valence-corrected chi connectivity index (χ3v) is 5.80. The molecule has 0 aromatic heterocycles. The predicted molar refractivity (Wildman–Crippen MR) is 96.4 cm³/mol. The van der Waals surface area contributed by atoms with Crippen LogP contribution in [0.5, 0.6) is 0 Å². The second kappa shape index (κ2) is 7.84. The quantitative estimate of drug-likeness (QED) is 0.805. The second-order valence-corrected chi connectivity index (χ2v) is 8.29. The molecule has 1 aliphatic carbocycles. The fourth-order valence-electron chi connectivity index (χ4n) is 4.43. The van der Waals surface area contributed by atoms with Gasteiger partial charge in [0.05, 0.1) is 7.11 Å². The number of nitrogens with one attached hydrogen (secondary N) is 1. The zero-order chi connectivity index (χ0) is 18.8. The van der Waals surface area contributed by atoms with Crippen LogP contribution in [0.25, 0.3) is 0 Å². The maximum atomic E-state index is 13.0. The number of nitrogens with zero attached hydrogens (tertiary/aromatic N) is 2. The molecule has 26 heavy (non-hydrogen) atoms. The van der Waals surface area contributed by atoms with E-state index in [0.29, 0.717) is 43.8 Å². The van der Waals surface area contributed by atoms with Crippen molar-refractivity contribution in [2.45, 2.75) is 70.5 Å².